The molecule has 0 saturated carbocycles. The van der Waals surface area contributed by atoms with Crippen LogP contribution in [0.4, 0.5) is 19.6 Å². The molecule has 21 heavy (non-hydrogen) atoms. The Balaban J connectivity index is 2.27. The molecule has 0 bridgehead atoms. The largest absolute Gasteiger partial charge is 0.307 e. The third kappa shape index (κ3) is 3.16. The fraction of sp³-hybridized carbons (Fsp3) is 0.182. The van der Waals surface area contributed by atoms with E-state index < -0.39 is 33.7 Å². The van der Waals surface area contributed by atoms with E-state index in [0.29, 0.717) is 23.6 Å². The van der Waals surface area contributed by atoms with Gasteiger partial charge in [0.05, 0.1) is 16.6 Å². The van der Waals surface area contributed by atoms with Gasteiger partial charge in [-0.05, 0) is 12.5 Å². The second-order valence-corrected chi connectivity index (χ2v) is 4.91. The maximum absolute atomic E-state index is 13.7. The van der Waals surface area contributed by atoms with Gasteiger partial charge >= 0.3 is 5.69 Å². The van der Waals surface area contributed by atoms with Crippen molar-refractivity contribution >= 4 is 28.1 Å². The third-order valence-electron chi connectivity index (χ3n) is 2.47. The van der Waals surface area contributed by atoms with Gasteiger partial charge in [-0.2, -0.15) is 4.39 Å². The molecule has 2 rings (SSSR count). The van der Waals surface area contributed by atoms with Crippen LogP contribution in [0.2, 0.25) is 0 Å². The van der Waals surface area contributed by atoms with Gasteiger partial charge in [-0.1, -0.05) is 18.3 Å². The van der Waals surface area contributed by atoms with Crippen LogP contribution in [-0.4, -0.2) is 21.0 Å². The normalized spacial score (nSPS) is 10.4. The molecular formula is C11H8F2N4O3S. The second-order valence-electron chi connectivity index (χ2n) is 3.85. The summed E-state index contributed by atoms with van der Waals surface area (Å²) in [7, 11) is 0. The van der Waals surface area contributed by atoms with E-state index in [1.807, 2.05) is 6.92 Å². The number of rotatable bonds is 4. The van der Waals surface area contributed by atoms with Crippen LogP contribution < -0.4 is 5.32 Å². The van der Waals surface area contributed by atoms with E-state index in [1.165, 1.54) is 0 Å². The molecule has 2 aromatic rings. The lowest BCUT2D eigenvalue weighted by Gasteiger charge is -2.03. The molecule has 0 radical (unpaired) electrons. The van der Waals surface area contributed by atoms with E-state index in [1.54, 1.807) is 0 Å². The Kier molecular flexibility index (Phi) is 4.17. The number of hydrogen-bond acceptors (Lipinski definition) is 6. The van der Waals surface area contributed by atoms with E-state index in [-0.39, 0.29) is 5.13 Å². The lowest BCUT2D eigenvalue weighted by atomic mass is 10.1. The molecule has 0 aliphatic rings. The molecule has 7 nitrogen and oxygen atoms in total. The van der Waals surface area contributed by atoms with Crippen LogP contribution in [-0.2, 0) is 6.42 Å². The van der Waals surface area contributed by atoms with Gasteiger partial charge in [0.2, 0.25) is 10.9 Å². The summed E-state index contributed by atoms with van der Waals surface area (Å²) in [6.45, 7) is 1.84. The molecule has 0 fully saturated rings. The molecule has 0 unspecified atom stereocenters. The highest BCUT2D eigenvalue weighted by Gasteiger charge is 2.22. The molecule has 10 heteroatoms. The number of aromatic nitrogens is 2. The van der Waals surface area contributed by atoms with Gasteiger partial charge in [-0.3, -0.25) is 20.2 Å². The number of hydrogen-bond donors (Lipinski definition) is 1. The number of nitrogens with one attached hydrogen (secondary N) is 1. The summed E-state index contributed by atoms with van der Waals surface area (Å²) in [4.78, 5) is 21.2. The molecular weight excluding hydrogens is 306 g/mol. The molecule has 0 atom stereocenters. The first-order chi connectivity index (χ1) is 9.92. The molecule has 1 heterocycles. The molecule has 110 valence electrons. The minimum atomic E-state index is -1.29. The Morgan fingerprint density at radius 3 is 2.67 bits per heavy atom. The van der Waals surface area contributed by atoms with Crippen molar-refractivity contribution in [3.8, 4) is 0 Å². The SMILES string of the molecule is CCc1nnc(NC(=O)c2cc(F)c([N+](=O)[O-])cc2F)s1. The van der Waals surface area contributed by atoms with E-state index in [2.05, 4.69) is 15.5 Å². The van der Waals surface area contributed by atoms with Crippen LogP contribution >= 0.6 is 11.3 Å². The maximum atomic E-state index is 13.7. The van der Waals surface area contributed by atoms with Gasteiger partial charge in [0, 0.05) is 0 Å². The number of nitro groups is 1. The standard InChI is InChI=1S/C11H8F2N4O3S/c1-2-9-15-16-11(21-9)14-10(18)5-3-7(13)8(17(19)20)4-6(5)12/h3-4H,2H2,1H3,(H,14,16,18). The fourth-order valence-electron chi connectivity index (χ4n) is 1.46. The lowest BCUT2D eigenvalue weighted by molar-refractivity contribution is -0.387. The number of aryl methyl sites for hydroxylation is 1. The van der Waals surface area contributed by atoms with E-state index in [9.17, 15) is 23.7 Å². The number of halogens is 2. The Bertz CT molecular complexity index is 719. The minimum absolute atomic E-state index is 0.134. The van der Waals surface area contributed by atoms with Crippen molar-refractivity contribution in [2.45, 2.75) is 13.3 Å². The van der Waals surface area contributed by atoms with Crippen molar-refractivity contribution in [2.75, 3.05) is 5.32 Å². The average Bonchev–Trinajstić information content (AvgIpc) is 2.88. The summed E-state index contributed by atoms with van der Waals surface area (Å²) in [5.74, 6) is -3.45. The fourth-order valence-corrected chi connectivity index (χ4v) is 2.14. The van der Waals surface area contributed by atoms with Crippen LogP contribution in [0.3, 0.4) is 0 Å². The molecule has 0 spiro atoms. The van der Waals surface area contributed by atoms with Crippen LogP contribution in [0, 0.1) is 21.7 Å². The van der Waals surface area contributed by atoms with Crippen molar-refractivity contribution in [3.05, 3.63) is 44.5 Å². The highest BCUT2D eigenvalue weighted by molar-refractivity contribution is 7.15. The zero-order valence-electron chi connectivity index (χ0n) is 10.6. The van der Waals surface area contributed by atoms with Crippen LogP contribution in [0.15, 0.2) is 12.1 Å². The number of benzene rings is 1. The highest BCUT2D eigenvalue weighted by Crippen LogP contribution is 2.23. The summed E-state index contributed by atoms with van der Waals surface area (Å²) in [6, 6.07) is 0.840. The average molecular weight is 314 g/mol. The summed E-state index contributed by atoms with van der Waals surface area (Å²) >= 11 is 1.10. The predicted octanol–water partition coefficient (Wildman–Crippen LogP) is 2.54. The number of nitro benzene ring substituents is 1. The first kappa shape index (κ1) is 14.9. The molecule has 1 amide bonds. The molecule has 1 aromatic carbocycles. The Morgan fingerprint density at radius 1 is 1.38 bits per heavy atom. The summed E-state index contributed by atoms with van der Waals surface area (Å²) < 4.78 is 27.1. The second kappa shape index (κ2) is 5.87. The molecule has 0 aliphatic heterocycles. The van der Waals surface area contributed by atoms with Crippen molar-refractivity contribution in [1.82, 2.24) is 10.2 Å². The van der Waals surface area contributed by atoms with E-state index in [4.69, 9.17) is 0 Å². The molecule has 1 aromatic heterocycles. The summed E-state index contributed by atoms with van der Waals surface area (Å²) in [6.07, 6.45) is 0.619. The van der Waals surface area contributed by atoms with E-state index in [0.717, 1.165) is 11.3 Å². The number of anilines is 1. The van der Waals surface area contributed by atoms with Gasteiger partial charge in [0.25, 0.3) is 5.91 Å². The first-order valence-corrected chi connectivity index (χ1v) is 6.51. The van der Waals surface area contributed by atoms with Crippen LogP contribution in [0.25, 0.3) is 0 Å². The van der Waals surface area contributed by atoms with Gasteiger partial charge in [0.15, 0.2) is 0 Å². The number of amides is 1. The zero-order chi connectivity index (χ0) is 15.6. The van der Waals surface area contributed by atoms with Crippen LogP contribution in [0.5, 0.6) is 0 Å². The summed E-state index contributed by atoms with van der Waals surface area (Å²) in [5.41, 5.74) is -1.68. The number of carbonyl (C=O) groups is 1. The Hall–Kier alpha value is -2.49. The third-order valence-corrected chi connectivity index (χ3v) is 3.45. The lowest BCUT2D eigenvalue weighted by Crippen LogP contribution is -2.14. The monoisotopic (exact) mass is 314 g/mol. The molecule has 0 aliphatic carbocycles. The minimum Gasteiger partial charge on any atom is -0.296 e. The van der Waals surface area contributed by atoms with Gasteiger partial charge in [-0.15, -0.1) is 10.2 Å². The van der Waals surface area contributed by atoms with Gasteiger partial charge in [0.1, 0.15) is 10.8 Å². The highest BCUT2D eigenvalue weighted by atomic mass is 32.1. The van der Waals surface area contributed by atoms with Gasteiger partial charge < -0.3 is 0 Å². The van der Waals surface area contributed by atoms with Crippen molar-refractivity contribution < 1.29 is 18.5 Å². The number of nitrogens with zero attached hydrogens (tertiary/aromatic N) is 3. The zero-order valence-corrected chi connectivity index (χ0v) is 11.4. The van der Waals surface area contributed by atoms with Crippen molar-refractivity contribution in [2.24, 2.45) is 0 Å². The number of carbonyl (C=O) groups excluding carboxylic acids is 1. The van der Waals surface area contributed by atoms with Crippen molar-refractivity contribution in [1.29, 1.82) is 0 Å². The Morgan fingerprint density at radius 2 is 2.10 bits per heavy atom. The molecule has 1 N–H and O–H groups in total. The summed E-state index contributed by atoms with van der Waals surface area (Å²) in [5, 5.41) is 20.9. The van der Waals surface area contributed by atoms with Gasteiger partial charge in [-0.25, -0.2) is 4.39 Å². The quantitative estimate of drug-likeness (QED) is 0.690. The Labute approximate surface area is 120 Å². The smallest absolute Gasteiger partial charge is 0.296 e. The predicted molar refractivity (Wildman–Crippen MR) is 70.3 cm³/mol. The van der Waals surface area contributed by atoms with Crippen LogP contribution in [0.1, 0.15) is 22.3 Å². The molecule has 0 saturated heterocycles. The first-order valence-electron chi connectivity index (χ1n) is 5.69. The van der Waals surface area contributed by atoms with Crippen molar-refractivity contribution in [3.63, 3.8) is 0 Å². The maximum Gasteiger partial charge on any atom is 0.307 e. The van der Waals surface area contributed by atoms with E-state index >= 15 is 0 Å². The topological polar surface area (TPSA) is 98.0 Å².